The fourth-order valence-electron chi connectivity index (χ4n) is 5.70. The van der Waals surface area contributed by atoms with Crippen molar-refractivity contribution >= 4 is 17.7 Å². The van der Waals surface area contributed by atoms with Crippen molar-refractivity contribution in [3.8, 4) is 0 Å². The number of carboxylic acid groups (broad SMARTS) is 1. The van der Waals surface area contributed by atoms with Crippen LogP contribution in [0.4, 0.5) is 4.79 Å². The highest BCUT2D eigenvalue weighted by Crippen LogP contribution is 2.57. The number of carbonyl (C=O) groups excluding carboxylic acids is 2. The van der Waals surface area contributed by atoms with Crippen LogP contribution in [0.15, 0.2) is 22.6 Å². The van der Waals surface area contributed by atoms with Gasteiger partial charge in [0.1, 0.15) is 5.54 Å². The maximum Gasteiger partial charge on any atom is 0.405 e. The molecule has 12 heteroatoms. The molecule has 0 saturated carbocycles. The van der Waals surface area contributed by atoms with Gasteiger partial charge in [0.2, 0.25) is 11.6 Å². The average Bonchev–Trinajstić information content (AvgIpc) is 3.43. The zero-order valence-electron chi connectivity index (χ0n) is 18.4. The van der Waals surface area contributed by atoms with Crippen LogP contribution in [-0.2, 0) is 28.5 Å². The molecule has 0 spiro atoms. The molecule has 0 aromatic heterocycles. The summed E-state index contributed by atoms with van der Waals surface area (Å²) < 4.78 is 22.5. The van der Waals surface area contributed by atoms with Crippen LogP contribution in [0, 0.1) is 0 Å². The number of nitrogens with one attached hydrogen (secondary N) is 2. The first kappa shape index (κ1) is 22.3. The molecule has 0 aromatic carbocycles. The first-order chi connectivity index (χ1) is 15.8. The predicted octanol–water partition coefficient (Wildman–Crippen LogP) is -1.15. The molecule has 4 heterocycles. The largest absolute Gasteiger partial charge is 0.489 e. The van der Waals surface area contributed by atoms with Crippen LogP contribution in [0.2, 0.25) is 0 Å². The van der Waals surface area contributed by atoms with Crippen LogP contribution in [-0.4, -0.2) is 102 Å². The first-order valence-electron chi connectivity index (χ1n) is 10.9. The molecule has 180 valence electrons. The second kappa shape index (κ2) is 7.77. The van der Waals surface area contributed by atoms with Crippen LogP contribution in [0.25, 0.3) is 0 Å². The van der Waals surface area contributed by atoms with E-state index in [4.69, 9.17) is 18.9 Å². The maximum absolute atomic E-state index is 13.7. The van der Waals surface area contributed by atoms with Gasteiger partial charge in [-0.15, -0.1) is 0 Å². The topological polar surface area (TPSA) is 166 Å². The van der Waals surface area contributed by atoms with Crippen molar-refractivity contribution in [1.82, 2.24) is 15.5 Å². The minimum Gasteiger partial charge on any atom is -0.489 e. The minimum atomic E-state index is -1.89. The van der Waals surface area contributed by atoms with E-state index in [1.165, 1.54) is 14.0 Å². The minimum absolute atomic E-state index is 0.0439. The van der Waals surface area contributed by atoms with Crippen LogP contribution < -0.4 is 10.6 Å². The number of carbonyl (C=O) groups is 3. The highest BCUT2D eigenvalue weighted by atomic mass is 16.7. The number of hydrogen-bond donors (Lipinski definition) is 4. The molecule has 33 heavy (non-hydrogen) atoms. The van der Waals surface area contributed by atoms with E-state index >= 15 is 0 Å². The number of Topliss-reactive ketones (excluding diaryl/α,β-unsaturated/α-hetero) is 2. The molecule has 0 aromatic rings. The molecule has 4 unspecified atom stereocenters. The normalized spacial score (nSPS) is 35.5. The molecule has 5 rings (SSSR count). The Morgan fingerprint density at radius 1 is 1.30 bits per heavy atom. The standard InChI is InChI=1S/C21H27N3O9/c1-10-15(26)14-13(16(27)17(10)33-7-4-12-31-5-3-6-32-12)20(9-25,23-19(28)29)21(30-2)18-11(22-18)8-24(14)21/h11-12,18,22-23,25H,3-9H2,1-2H3,(H,28,29). The van der Waals surface area contributed by atoms with Gasteiger partial charge in [-0.05, 0) is 13.3 Å². The summed E-state index contributed by atoms with van der Waals surface area (Å²) in [7, 11) is 1.37. The molecule has 3 saturated heterocycles. The molecule has 5 aliphatic rings. The Morgan fingerprint density at radius 2 is 2.03 bits per heavy atom. The Balaban J connectivity index is 1.50. The second-order valence-electron chi connectivity index (χ2n) is 8.75. The van der Waals surface area contributed by atoms with E-state index in [0.717, 1.165) is 6.42 Å². The summed E-state index contributed by atoms with van der Waals surface area (Å²) >= 11 is 0. The number of aliphatic hydroxyl groups is 1. The highest BCUT2D eigenvalue weighted by molar-refractivity contribution is 6.26. The predicted molar refractivity (Wildman–Crippen MR) is 109 cm³/mol. The summed E-state index contributed by atoms with van der Waals surface area (Å²) in [6, 6.07) is -0.432. The van der Waals surface area contributed by atoms with E-state index in [1.807, 2.05) is 0 Å². The Morgan fingerprint density at radius 3 is 2.67 bits per heavy atom. The van der Waals surface area contributed by atoms with Crippen LogP contribution in [0.1, 0.15) is 19.8 Å². The molecular weight excluding hydrogens is 438 g/mol. The summed E-state index contributed by atoms with van der Waals surface area (Å²) in [5, 5.41) is 25.7. The van der Waals surface area contributed by atoms with Crippen LogP contribution in [0.5, 0.6) is 0 Å². The number of rotatable bonds is 7. The van der Waals surface area contributed by atoms with E-state index < -0.39 is 41.8 Å². The van der Waals surface area contributed by atoms with Gasteiger partial charge in [-0.3, -0.25) is 9.59 Å². The summed E-state index contributed by atoms with van der Waals surface area (Å²) in [6.45, 7) is 2.25. The van der Waals surface area contributed by atoms with Gasteiger partial charge in [-0.1, -0.05) is 0 Å². The molecule has 3 fully saturated rings. The van der Waals surface area contributed by atoms with Crippen molar-refractivity contribution in [3.05, 3.63) is 22.6 Å². The van der Waals surface area contributed by atoms with Crippen LogP contribution in [0.3, 0.4) is 0 Å². The van der Waals surface area contributed by atoms with Crippen LogP contribution >= 0.6 is 0 Å². The maximum atomic E-state index is 13.7. The quantitative estimate of drug-likeness (QED) is 0.265. The Labute approximate surface area is 189 Å². The summed E-state index contributed by atoms with van der Waals surface area (Å²) in [6.07, 6.45) is -0.760. The van der Waals surface area contributed by atoms with E-state index in [1.54, 1.807) is 4.90 Å². The molecule has 12 nitrogen and oxygen atoms in total. The fourth-order valence-corrected chi connectivity index (χ4v) is 5.70. The van der Waals surface area contributed by atoms with Crippen molar-refractivity contribution in [2.24, 2.45) is 0 Å². The Bertz CT molecular complexity index is 972. The van der Waals surface area contributed by atoms with Gasteiger partial charge in [-0.2, -0.15) is 0 Å². The lowest BCUT2D eigenvalue weighted by molar-refractivity contribution is -0.185. The lowest BCUT2D eigenvalue weighted by atomic mass is 9.76. The summed E-state index contributed by atoms with van der Waals surface area (Å²) in [4.78, 5) is 40.6. The van der Waals surface area contributed by atoms with E-state index in [2.05, 4.69) is 10.6 Å². The van der Waals surface area contributed by atoms with Gasteiger partial charge < -0.3 is 44.7 Å². The lowest BCUT2D eigenvalue weighted by Gasteiger charge is -2.46. The number of hydrogen-bond acceptors (Lipinski definition) is 10. The number of fused-ring (bicyclic) bond motifs is 4. The van der Waals surface area contributed by atoms with E-state index in [9.17, 15) is 24.6 Å². The molecule has 0 radical (unpaired) electrons. The molecular formula is C21H27N3O9. The Hall–Kier alpha value is -2.51. The number of methoxy groups -OCH3 is 1. The van der Waals surface area contributed by atoms with Crippen molar-refractivity contribution < 1.29 is 43.5 Å². The number of amides is 1. The monoisotopic (exact) mass is 465 g/mol. The number of aliphatic hydroxyl groups excluding tert-OH is 1. The molecule has 1 aliphatic carbocycles. The number of piperazine rings is 1. The Kier molecular flexibility index (Phi) is 5.25. The number of ketones is 2. The average molecular weight is 465 g/mol. The fraction of sp³-hybridized carbons (Fsp3) is 0.667. The van der Waals surface area contributed by atoms with Gasteiger partial charge in [0.25, 0.3) is 0 Å². The van der Waals surface area contributed by atoms with Crippen molar-refractivity contribution in [1.29, 1.82) is 0 Å². The summed E-state index contributed by atoms with van der Waals surface area (Å²) in [5.41, 5.74) is -3.35. The zero-order valence-corrected chi connectivity index (χ0v) is 18.4. The molecule has 4 aliphatic heterocycles. The van der Waals surface area contributed by atoms with Gasteiger partial charge in [-0.25, -0.2) is 4.79 Å². The van der Waals surface area contributed by atoms with Crippen molar-refractivity contribution in [2.75, 3.05) is 40.1 Å². The molecule has 4 N–H and O–H groups in total. The van der Waals surface area contributed by atoms with E-state index in [-0.39, 0.29) is 41.3 Å². The molecule has 4 atom stereocenters. The molecule has 0 bridgehead atoms. The summed E-state index contributed by atoms with van der Waals surface area (Å²) in [5.74, 6) is -1.29. The van der Waals surface area contributed by atoms with Gasteiger partial charge in [0, 0.05) is 31.7 Å². The first-order valence-corrected chi connectivity index (χ1v) is 10.9. The second-order valence-corrected chi connectivity index (χ2v) is 8.75. The zero-order chi connectivity index (χ0) is 23.5. The number of nitrogens with zero attached hydrogens (tertiary/aromatic N) is 1. The van der Waals surface area contributed by atoms with Gasteiger partial charge in [0.15, 0.2) is 17.8 Å². The van der Waals surface area contributed by atoms with E-state index in [0.29, 0.717) is 26.2 Å². The molecule has 1 amide bonds. The van der Waals surface area contributed by atoms with Gasteiger partial charge in [0.05, 0.1) is 43.7 Å². The number of allylic oxidation sites excluding steroid dienone is 2. The highest BCUT2D eigenvalue weighted by Gasteiger charge is 2.79. The number of ether oxygens (including phenoxy) is 4. The lowest BCUT2D eigenvalue weighted by Crippen LogP contribution is -2.72. The van der Waals surface area contributed by atoms with Crippen molar-refractivity contribution in [2.45, 2.75) is 49.4 Å². The third-order valence-corrected chi connectivity index (χ3v) is 7.13. The van der Waals surface area contributed by atoms with Gasteiger partial charge >= 0.3 is 6.09 Å². The van der Waals surface area contributed by atoms with Crippen molar-refractivity contribution in [3.63, 3.8) is 0 Å². The third-order valence-electron chi connectivity index (χ3n) is 7.13. The third kappa shape index (κ3) is 2.91. The SMILES string of the molecule is COC12C3NC3CN1C1=C(C(=O)C(OCCC3OCCCO3)=C(C)C1=O)C2(CO)NC(=O)O. The smallest absolute Gasteiger partial charge is 0.405 e.